The van der Waals surface area contributed by atoms with E-state index in [1.54, 1.807) is 6.92 Å². The Balaban J connectivity index is 2.43. The molecule has 1 saturated carbocycles. The van der Waals surface area contributed by atoms with Gasteiger partial charge >= 0.3 is 5.97 Å². The molecule has 1 unspecified atom stereocenters. The second kappa shape index (κ2) is 5.85. The van der Waals surface area contributed by atoms with E-state index in [0.717, 1.165) is 32.1 Å². The van der Waals surface area contributed by atoms with E-state index in [9.17, 15) is 9.90 Å². The highest BCUT2D eigenvalue weighted by atomic mass is 16.5. The molecule has 0 radical (unpaired) electrons. The van der Waals surface area contributed by atoms with Crippen LogP contribution in [0.15, 0.2) is 0 Å². The van der Waals surface area contributed by atoms with Crippen LogP contribution < -0.4 is 0 Å². The third-order valence-electron chi connectivity index (χ3n) is 3.86. The van der Waals surface area contributed by atoms with Crippen LogP contribution in [0.4, 0.5) is 0 Å². The number of carbonyl (C=O) groups excluding carboxylic acids is 1. The van der Waals surface area contributed by atoms with Crippen LogP contribution in [0.2, 0.25) is 0 Å². The first-order valence-corrected chi connectivity index (χ1v) is 6.75. The van der Waals surface area contributed by atoms with Crippen molar-refractivity contribution in [2.24, 2.45) is 5.41 Å². The van der Waals surface area contributed by atoms with Crippen LogP contribution in [0.25, 0.3) is 0 Å². The Hall–Kier alpha value is -0.570. The van der Waals surface area contributed by atoms with Crippen LogP contribution >= 0.6 is 0 Å². The van der Waals surface area contributed by atoms with Crippen LogP contribution in [0.1, 0.15) is 65.7 Å². The van der Waals surface area contributed by atoms with E-state index >= 15 is 0 Å². The van der Waals surface area contributed by atoms with E-state index in [4.69, 9.17) is 4.74 Å². The van der Waals surface area contributed by atoms with Crippen molar-refractivity contribution in [3.8, 4) is 0 Å². The lowest BCUT2D eigenvalue weighted by Crippen LogP contribution is -2.29. The van der Waals surface area contributed by atoms with E-state index < -0.39 is 5.60 Å². The number of hydrogen-bond donors (Lipinski definition) is 1. The molecule has 0 bridgehead atoms. The predicted octanol–water partition coefficient (Wildman–Crippen LogP) is 3.05. The van der Waals surface area contributed by atoms with E-state index in [-0.39, 0.29) is 5.97 Å². The van der Waals surface area contributed by atoms with Crippen molar-refractivity contribution < 1.29 is 14.6 Å². The maximum absolute atomic E-state index is 11.3. The average molecular weight is 242 g/mol. The molecule has 1 fully saturated rings. The van der Waals surface area contributed by atoms with Crippen molar-refractivity contribution in [2.75, 3.05) is 6.61 Å². The normalized spacial score (nSPS) is 28.5. The van der Waals surface area contributed by atoms with Crippen molar-refractivity contribution in [1.82, 2.24) is 0 Å². The minimum absolute atomic E-state index is 0.190. The van der Waals surface area contributed by atoms with Gasteiger partial charge in [0.2, 0.25) is 0 Å². The number of esters is 1. The van der Waals surface area contributed by atoms with E-state index in [1.165, 1.54) is 0 Å². The lowest BCUT2D eigenvalue weighted by atomic mass is 9.83. The molecule has 0 aromatic heterocycles. The number of carbonyl (C=O) groups is 1. The molecule has 0 heterocycles. The molecule has 0 aliphatic heterocycles. The van der Waals surface area contributed by atoms with Gasteiger partial charge in [0.25, 0.3) is 0 Å². The van der Waals surface area contributed by atoms with Crippen LogP contribution in [0.3, 0.4) is 0 Å². The molecule has 1 aliphatic rings. The van der Waals surface area contributed by atoms with Crippen molar-refractivity contribution in [2.45, 2.75) is 71.3 Å². The number of aliphatic hydroxyl groups is 1. The van der Waals surface area contributed by atoms with Gasteiger partial charge in [-0.2, -0.15) is 0 Å². The fourth-order valence-electron chi connectivity index (χ4n) is 2.53. The summed E-state index contributed by atoms with van der Waals surface area (Å²) in [6.07, 6.45) is 5.75. The molecular formula is C14H26O3. The number of ether oxygens (including phenoxy) is 1. The molecule has 0 saturated heterocycles. The van der Waals surface area contributed by atoms with Gasteiger partial charge in [-0.15, -0.1) is 0 Å². The molecule has 100 valence electrons. The summed E-state index contributed by atoms with van der Waals surface area (Å²) in [5.41, 5.74) is -0.324. The summed E-state index contributed by atoms with van der Waals surface area (Å²) in [7, 11) is 0. The van der Waals surface area contributed by atoms with Gasteiger partial charge in [0, 0.05) is 6.42 Å². The topological polar surface area (TPSA) is 46.5 Å². The minimum Gasteiger partial charge on any atom is -0.466 e. The summed E-state index contributed by atoms with van der Waals surface area (Å²) >= 11 is 0. The first kappa shape index (κ1) is 14.5. The lowest BCUT2D eigenvalue weighted by molar-refractivity contribution is -0.144. The zero-order valence-corrected chi connectivity index (χ0v) is 11.4. The van der Waals surface area contributed by atoms with E-state index in [2.05, 4.69) is 13.8 Å². The maximum atomic E-state index is 11.3. The number of hydrogen-bond acceptors (Lipinski definition) is 3. The van der Waals surface area contributed by atoms with Gasteiger partial charge in [-0.1, -0.05) is 20.3 Å². The summed E-state index contributed by atoms with van der Waals surface area (Å²) in [6.45, 7) is 6.74. The van der Waals surface area contributed by atoms with Gasteiger partial charge < -0.3 is 9.84 Å². The lowest BCUT2D eigenvalue weighted by Gasteiger charge is -2.27. The molecular weight excluding hydrogens is 216 g/mol. The monoisotopic (exact) mass is 242 g/mol. The minimum atomic E-state index is -0.652. The molecule has 1 aliphatic carbocycles. The van der Waals surface area contributed by atoms with Crippen molar-refractivity contribution in [1.29, 1.82) is 0 Å². The van der Waals surface area contributed by atoms with Crippen LogP contribution in [-0.2, 0) is 9.53 Å². The Morgan fingerprint density at radius 2 is 1.94 bits per heavy atom. The molecule has 1 rings (SSSR count). The second-order valence-corrected chi connectivity index (χ2v) is 6.05. The Morgan fingerprint density at radius 3 is 2.59 bits per heavy atom. The Kier molecular flexibility index (Phi) is 4.99. The highest BCUT2D eigenvalue weighted by Crippen LogP contribution is 2.39. The fraction of sp³-hybridized carbons (Fsp3) is 0.929. The zero-order valence-electron chi connectivity index (χ0n) is 11.4. The molecule has 0 aromatic carbocycles. The maximum Gasteiger partial charge on any atom is 0.305 e. The van der Waals surface area contributed by atoms with Gasteiger partial charge in [-0.05, 0) is 44.4 Å². The largest absolute Gasteiger partial charge is 0.466 e. The van der Waals surface area contributed by atoms with Crippen LogP contribution in [-0.4, -0.2) is 23.3 Å². The third-order valence-corrected chi connectivity index (χ3v) is 3.86. The molecule has 1 N–H and O–H groups in total. The molecule has 0 amide bonds. The predicted molar refractivity (Wildman–Crippen MR) is 67.7 cm³/mol. The van der Waals surface area contributed by atoms with Gasteiger partial charge in [0.05, 0.1) is 12.2 Å². The Morgan fingerprint density at radius 1 is 1.24 bits per heavy atom. The van der Waals surface area contributed by atoms with Gasteiger partial charge in [0.15, 0.2) is 0 Å². The molecule has 1 atom stereocenters. The summed E-state index contributed by atoms with van der Waals surface area (Å²) in [6, 6.07) is 0. The van der Waals surface area contributed by atoms with Crippen molar-refractivity contribution in [3.05, 3.63) is 0 Å². The Labute approximate surface area is 105 Å². The molecule has 3 heteroatoms. The van der Waals surface area contributed by atoms with Crippen molar-refractivity contribution >= 4 is 5.97 Å². The summed E-state index contributed by atoms with van der Waals surface area (Å²) in [5.74, 6) is -0.190. The first-order valence-electron chi connectivity index (χ1n) is 6.75. The van der Waals surface area contributed by atoms with E-state index in [1.807, 2.05) is 0 Å². The SMILES string of the molecule is CCOC(=O)CCC1(O)CCCC(C)(C)CC1. The zero-order chi connectivity index (χ0) is 12.9. The third kappa shape index (κ3) is 5.07. The summed E-state index contributed by atoms with van der Waals surface area (Å²) in [5, 5.41) is 10.5. The fourth-order valence-corrected chi connectivity index (χ4v) is 2.53. The van der Waals surface area contributed by atoms with Gasteiger partial charge in [0.1, 0.15) is 0 Å². The molecule has 0 spiro atoms. The van der Waals surface area contributed by atoms with Gasteiger partial charge in [-0.25, -0.2) is 0 Å². The molecule has 17 heavy (non-hydrogen) atoms. The summed E-state index contributed by atoms with van der Waals surface area (Å²) in [4.78, 5) is 11.3. The molecule has 0 aromatic rings. The standard InChI is InChI=1S/C14H26O3/c1-4-17-12(15)6-9-14(16)8-5-7-13(2,3)10-11-14/h16H,4-11H2,1-3H3. The Bertz CT molecular complexity index is 260. The van der Waals surface area contributed by atoms with Crippen LogP contribution in [0, 0.1) is 5.41 Å². The van der Waals surface area contributed by atoms with E-state index in [0.29, 0.717) is 24.9 Å². The quantitative estimate of drug-likeness (QED) is 0.609. The highest BCUT2D eigenvalue weighted by molar-refractivity contribution is 5.69. The van der Waals surface area contributed by atoms with Crippen molar-refractivity contribution in [3.63, 3.8) is 0 Å². The molecule has 3 nitrogen and oxygen atoms in total. The number of rotatable bonds is 4. The highest BCUT2D eigenvalue weighted by Gasteiger charge is 2.33. The first-order chi connectivity index (χ1) is 7.87. The van der Waals surface area contributed by atoms with Crippen LogP contribution in [0.5, 0.6) is 0 Å². The van der Waals surface area contributed by atoms with Gasteiger partial charge in [-0.3, -0.25) is 4.79 Å². The average Bonchev–Trinajstić information content (AvgIpc) is 2.37. The second-order valence-electron chi connectivity index (χ2n) is 6.05. The summed E-state index contributed by atoms with van der Waals surface area (Å²) < 4.78 is 4.90. The smallest absolute Gasteiger partial charge is 0.305 e.